The highest BCUT2D eigenvalue weighted by molar-refractivity contribution is 7.12. The lowest BCUT2D eigenvalue weighted by Crippen LogP contribution is -2.29. The Morgan fingerprint density at radius 3 is 2.70 bits per heavy atom. The fourth-order valence-electron chi connectivity index (χ4n) is 1.79. The van der Waals surface area contributed by atoms with E-state index >= 15 is 0 Å². The summed E-state index contributed by atoms with van der Waals surface area (Å²) in [6.07, 6.45) is 4.25. The fraction of sp³-hybridized carbons (Fsp3) is 0.286. The molecule has 2 heterocycles. The van der Waals surface area contributed by atoms with Gasteiger partial charge in [0.1, 0.15) is 5.00 Å². The first-order valence-electron chi connectivity index (χ1n) is 6.37. The van der Waals surface area contributed by atoms with Crippen LogP contribution in [0.1, 0.15) is 18.9 Å². The van der Waals surface area contributed by atoms with Gasteiger partial charge in [-0.1, -0.05) is 0 Å². The van der Waals surface area contributed by atoms with Gasteiger partial charge in [0.05, 0.1) is 0 Å². The number of aromatic nitrogens is 1. The number of hydrogen-bond acceptors (Lipinski definition) is 3. The summed E-state index contributed by atoms with van der Waals surface area (Å²) in [5, 5.41) is 8.58. The molecule has 2 aromatic heterocycles. The van der Waals surface area contributed by atoms with Gasteiger partial charge in [0.15, 0.2) is 0 Å². The number of amides is 2. The molecule has 0 atom stereocenters. The van der Waals surface area contributed by atoms with E-state index in [0.29, 0.717) is 19.5 Å². The summed E-state index contributed by atoms with van der Waals surface area (Å²) in [5.41, 5.74) is 1.08. The van der Waals surface area contributed by atoms with Crippen LogP contribution in [0.15, 0.2) is 36.0 Å². The number of carbonyl (C=O) groups is 2. The molecule has 2 rings (SSSR count). The summed E-state index contributed by atoms with van der Waals surface area (Å²) in [6, 6.07) is 5.94. The molecule has 0 bridgehead atoms. The molecule has 0 aliphatic carbocycles. The predicted molar refractivity (Wildman–Crippen MR) is 78.8 cm³/mol. The van der Waals surface area contributed by atoms with Crippen molar-refractivity contribution in [2.24, 2.45) is 0 Å². The second-order valence-electron chi connectivity index (χ2n) is 4.35. The van der Waals surface area contributed by atoms with Gasteiger partial charge < -0.3 is 15.2 Å². The molecule has 2 N–H and O–H groups in total. The highest BCUT2D eigenvalue weighted by atomic mass is 32.1. The van der Waals surface area contributed by atoms with Crippen LogP contribution in [0.2, 0.25) is 0 Å². The first-order valence-corrected chi connectivity index (χ1v) is 7.25. The predicted octanol–water partition coefficient (Wildman–Crippen LogP) is 1.68. The van der Waals surface area contributed by atoms with E-state index in [0.717, 1.165) is 10.6 Å². The first-order chi connectivity index (χ1) is 9.66. The summed E-state index contributed by atoms with van der Waals surface area (Å²) in [5.74, 6) is -0.186. The molecule has 0 unspecified atom stereocenters. The molecule has 2 aromatic rings. The van der Waals surface area contributed by atoms with Gasteiger partial charge in [0, 0.05) is 44.4 Å². The lowest BCUT2D eigenvalue weighted by atomic mass is 10.3. The molecule has 0 saturated heterocycles. The number of rotatable bonds is 6. The normalized spacial score (nSPS) is 10.2. The zero-order valence-corrected chi connectivity index (χ0v) is 12.1. The molecular formula is C14H17N3O2S. The van der Waals surface area contributed by atoms with E-state index in [2.05, 4.69) is 10.6 Å². The molecular weight excluding hydrogens is 274 g/mol. The van der Waals surface area contributed by atoms with Gasteiger partial charge in [-0.05, 0) is 23.6 Å². The van der Waals surface area contributed by atoms with Gasteiger partial charge in [-0.25, -0.2) is 0 Å². The van der Waals surface area contributed by atoms with Gasteiger partial charge >= 0.3 is 0 Å². The average molecular weight is 291 g/mol. The maximum absolute atomic E-state index is 11.7. The van der Waals surface area contributed by atoms with Gasteiger partial charge in [-0.2, -0.15) is 0 Å². The lowest BCUT2D eigenvalue weighted by Gasteiger charge is -2.07. The minimum atomic E-state index is -0.120. The van der Waals surface area contributed by atoms with E-state index in [1.807, 2.05) is 40.5 Å². The summed E-state index contributed by atoms with van der Waals surface area (Å²) in [6.45, 7) is 2.30. The van der Waals surface area contributed by atoms with Crippen molar-refractivity contribution >= 4 is 23.2 Å². The maximum atomic E-state index is 11.7. The Kier molecular flexibility index (Phi) is 4.95. The van der Waals surface area contributed by atoms with Gasteiger partial charge in [-0.15, -0.1) is 11.3 Å². The Hall–Kier alpha value is -2.08. The fourth-order valence-corrected chi connectivity index (χ4v) is 2.69. The van der Waals surface area contributed by atoms with Crippen molar-refractivity contribution in [3.05, 3.63) is 41.5 Å². The lowest BCUT2D eigenvalue weighted by molar-refractivity contribution is -0.121. The minimum Gasteiger partial charge on any atom is -0.356 e. The Morgan fingerprint density at radius 1 is 1.25 bits per heavy atom. The van der Waals surface area contributed by atoms with E-state index in [1.54, 1.807) is 11.3 Å². The molecule has 6 heteroatoms. The number of nitrogens with one attached hydrogen (secondary N) is 2. The van der Waals surface area contributed by atoms with Crippen LogP contribution in [0.5, 0.6) is 0 Å². The minimum absolute atomic E-state index is 0.0663. The molecule has 0 aliphatic rings. The third-order valence-electron chi connectivity index (χ3n) is 2.76. The standard InChI is InChI=1S/C14H17N3O2S/c1-11(18)15-6-4-13(19)16-10-12-5-9-20-14(12)17-7-2-3-8-17/h2-3,5,7-9H,4,6,10H2,1H3,(H,15,18)(H,16,19). The third kappa shape index (κ3) is 3.96. The van der Waals surface area contributed by atoms with E-state index in [1.165, 1.54) is 6.92 Å². The largest absolute Gasteiger partial charge is 0.356 e. The van der Waals surface area contributed by atoms with Crippen LogP contribution in [-0.4, -0.2) is 22.9 Å². The van der Waals surface area contributed by atoms with Crippen molar-refractivity contribution in [2.75, 3.05) is 6.54 Å². The van der Waals surface area contributed by atoms with Crippen LogP contribution in [0.3, 0.4) is 0 Å². The highest BCUT2D eigenvalue weighted by Gasteiger charge is 2.07. The van der Waals surface area contributed by atoms with Crippen LogP contribution >= 0.6 is 11.3 Å². The molecule has 0 saturated carbocycles. The van der Waals surface area contributed by atoms with Crippen molar-refractivity contribution in [1.82, 2.24) is 15.2 Å². The van der Waals surface area contributed by atoms with Crippen molar-refractivity contribution in [3.8, 4) is 5.00 Å². The molecule has 20 heavy (non-hydrogen) atoms. The van der Waals surface area contributed by atoms with E-state index in [4.69, 9.17) is 0 Å². The van der Waals surface area contributed by atoms with Crippen LogP contribution in [0.4, 0.5) is 0 Å². The van der Waals surface area contributed by atoms with Gasteiger partial charge in [-0.3, -0.25) is 9.59 Å². The number of nitrogens with zero attached hydrogens (tertiary/aromatic N) is 1. The second kappa shape index (κ2) is 6.91. The first kappa shape index (κ1) is 14.3. The van der Waals surface area contributed by atoms with Crippen LogP contribution in [-0.2, 0) is 16.1 Å². The molecule has 106 valence electrons. The van der Waals surface area contributed by atoms with Crippen LogP contribution in [0.25, 0.3) is 5.00 Å². The topological polar surface area (TPSA) is 63.1 Å². The smallest absolute Gasteiger partial charge is 0.222 e. The molecule has 5 nitrogen and oxygen atoms in total. The number of carbonyl (C=O) groups excluding carboxylic acids is 2. The summed E-state index contributed by atoms with van der Waals surface area (Å²) < 4.78 is 2.03. The van der Waals surface area contributed by atoms with Gasteiger partial charge in [0.25, 0.3) is 0 Å². The Labute approximate surface area is 121 Å². The molecule has 0 fully saturated rings. The monoisotopic (exact) mass is 291 g/mol. The van der Waals surface area contributed by atoms with E-state index in [9.17, 15) is 9.59 Å². The summed E-state index contributed by atoms with van der Waals surface area (Å²) in [4.78, 5) is 22.4. The second-order valence-corrected chi connectivity index (χ2v) is 5.25. The van der Waals surface area contributed by atoms with E-state index in [-0.39, 0.29) is 11.8 Å². The van der Waals surface area contributed by atoms with Crippen LogP contribution < -0.4 is 10.6 Å². The van der Waals surface area contributed by atoms with Gasteiger partial charge in [0.2, 0.25) is 11.8 Å². The Bertz CT molecular complexity index is 575. The quantitative estimate of drug-likeness (QED) is 0.850. The Balaban J connectivity index is 1.84. The molecule has 0 radical (unpaired) electrons. The molecule has 0 aliphatic heterocycles. The van der Waals surface area contributed by atoms with Crippen LogP contribution in [0, 0.1) is 0 Å². The SMILES string of the molecule is CC(=O)NCCC(=O)NCc1ccsc1-n1cccc1. The maximum Gasteiger partial charge on any atom is 0.222 e. The zero-order chi connectivity index (χ0) is 14.4. The number of hydrogen-bond donors (Lipinski definition) is 2. The number of thiophene rings is 1. The third-order valence-corrected chi connectivity index (χ3v) is 3.73. The van der Waals surface area contributed by atoms with Crippen molar-refractivity contribution in [1.29, 1.82) is 0 Å². The average Bonchev–Trinajstić information content (AvgIpc) is 3.06. The Morgan fingerprint density at radius 2 is 2.00 bits per heavy atom. The van der Waals surface area contributed by atoms with E-state index < -0.39 is 0 Å². The highest BCUT2D eigenvalue weighted by Crippen LogP contribution is 2.21. The zero-order valence-electron chi connectivity index (χ0n) is 11.3. The van der Waals surface area contributed by atoms with Crippen molar-refractivity contribution < 1.29 is 9.59 Å². The molecule has 0 spiro atoms. The molecule has 2 amide bonds. The molecule has 0 aromatic carbocycles. The summed E-state index contributed by atoms with van der Waals surface area (Å²) in [7, 11) is 0. The summed E-state index contributed by atoms with van der Waals surface area (Å²) >= 11 is 1.64. The van der Waals surface area contributed by atoms with Crippen molar-refractivity contribution in [2.45, 2.75) is 19.9 Å². The van der Waals surface area contributed by atoms with Crippen molar-refractivity contribution in [3.63, 3.8) is 0 Å².